The third-order valence-corrected chi connectivity index (χ3v) is 3.05. The first-order valence-corrected chi connectivity index (χ1v) is 6.05. The van der Waals surface area contributed by atoms with Gasteiger partial charge in [-0.3, -0.25) is 4.68 Å². The summed E-state index contributed by atoms with van der Waals surface area (Å²) >= 11 is 5.99. The molecule has 0 amide bonds. The maximum absolute atomic E-state index is 5.99. The minimum absolute atomic E-state index is 0.265. The van der Waals surface area contributed by atoms with Crippen molar-refractivity contribution in [2.45, 2.75) is 19.9 Å². The summed E-state index contributed by atoms with van der Waals surface area (Å²) in [5, 5.41) is 8.45. The quantitative estimate of drug-likeness (QED) is 0.899. The number of para-hydroxylation sites is 1. The van der Waals surface area contributed by atoms with E-state index in [4.69, 9.17) is 11.6 Å². The first kappa shape index (κ1) is 12.0. The molecule has 0 saturated heterocycles. The molecule has 17 heavy (non-hydrogen) atoms. The maximum atomic E-state index is 5.99. The van der Waals surface area contributed by atoms with Crippen molar-refractivity contribution in [3.63, 3.8) is 0 Å². The molecular weight excluding hydrogens is 234 g/mol. The van der Waals surface area contributed by atoms with Crippen LogP contribution in [0.15, 0.2) is 36.5 Å². The predicted molar refractivity (Wildman–Crippen MR) is 71.6 cm³/mol. The fourth-order valence-corrected chi connectivity index (χ4v) is 1.74. The molecule has 0 fully saturated rings. The van der Waals surface area contributed by atoms with Crippen molar-refractivity contribution < 1.29 is 0 Å². The van der Waals surface area contributed by atoms with Crippen molar-refractivity contribution in [3.8, 4) is 0 Å². The average Bonchev–Trinajstić information content (AvgIpc) is 2.68. The van der Waals surface area contributed by atoms with Crippen LogP contribution in [0.1, 0.15) is 18.7 Å². The van der Waals surface area contributed by atoms with Crippen LogP contribution >= 0.6 is 11.6 Å². The Hall–Kier alpha value is -1.48. The summed E-state index contributed by atoms with van der Waals surface area (Å²) in [5.74, 6) is 0. The van der Waals surface area contributed by atoms with E-state index >= 15 is 0 Å². The summed E-state index contributed by atoms with van der Waals surface area (Å²) in [6.45, 7) is 4.84. The van der Waals surface area contributed by atoms with Crippen LogP contribution in [0.5, 0.6) is 0 Å². The average molecular weight is 250 g/mol. The standard InChI is InChI=1S/C13H16ClN3/c1-10(17-9-13(14)11(2)16-17)8-15-12-6-4-3-5-7-12/h3-7,9-10,15H,8H2,1-2H3. The van der Waals surface area contributed by atoms with Gasteiger partial charge in [0, 0.05) is 18.4 Å². The van der Waals surface area contributed by atoms with Gasteiger partial charge in [-0.15, -0.1) is 0 Å². The first-order chi connectivity index (χ1) is 8.16. The highest BCUT2D eigenvalue weighted by Gasteiger charge is 2.08. The zero-order chi connectivity index (χ0) is 12.3. The Morgan fingerprint density at radius 1 is 1.35 bits per heavy atom. The second-order valence-corrected chi connectivity index (χ2v) is 4.55. The van der Waals surface area contributed by atoms with Gasteiger partial charge in [-0.25, -0.2) is 0 Å². The third-order valence-electron chi connectivity index (χ3n) is 2.68. The van der Waals surface area contributed by atoms with Crippen LogP contribution in [0.25, 0.3) is 0 Å². The Morgan fingerprint density at radius 3 is 2.65 bits per heavy atom. The maximum Gasteiger partial charge on any atom is 0.0815 e. The number of aryl methyl sites for hydroxylation is 1. The molecule has 1 unspecified atom stereocenters. The van der Waals surface area contributed by atoms with Crippen LogP contribution in [-0.4, -0.2) is 16.3 Å². The lowest BCUT2D eigenvalue weighted by molar-refractivity contribution is 0.509. The number of hydrogen-bond acceptors (Lipinski definition) is 2. The lowest BCUT2D eigenvalue weighted by Gasteiger charge is -2.14. The van der Waals surface area contributed by atoms with E-state index in [9.17, 15) is 0 Å². The van der Waals surface area contributed by atoms with Crippen molar-refractivity contribution in [3.05, 3.63) is 47.2 Å². The summed E-state index contributed by atoms with van der Waals surface area (Å²) in [7, 11) is 0. The van der Waals surface area contributed by atoms with Gasteiger partial charge in [-0.05, 0) is 26.0 Å². The number of anilines is 1. The van der Waals surface area contributed by atoms with Gasteiger partial charge < -0.3 is 5.32 Å². The Kier molecular flexibility index (Phi) is 3.69. The molecule has 90 valence electrons. The Bertz CT molecular complexity index is 459. The van der Waals surface area contributed by atoms with Crippen molar-refractivity contribution in [1.82, 2.24) is 9.78 Å². The molecule has 1 aromatic heterocycles. The lowest BCUT2D eigenvalue weighted by atomic mass is 10.3. The Labute approximate surface area is 106 Å². The summed E-state index contributed by atoms with van der Waals surface area (Å²) in [6, 6.07) is 10.4. The monoisotopic (exact) mass is 249 g/mol. The number of benzene rings is 1. The van der Waals surface area contributed by atoms with Gasteiger partial charge in [-0.1, -0.05) is 29.8 Å². The summed E-state index contributed by atoms with van der Waals surface area (Å²) in [6.07, 6.45) is 1.87. The largest absolute Gasteiger partial charge is 0.383 e. The van der Waals surface area contributed by atoms with E-state index in [1.54, 1.807) is 0 Å². The minimum atomic E-state index is 0.265. The smallest absolute Gasteiger partial charge is 0.0815 e. The molecule has 0 aliphatic rings. The number of nitrogens with one attached hydrogen (secondary N) is 1. The molecule has 1 atom stereocenters. The van der Waals surface area contributed by atoms with E-state index in [1.807, 2.05) is 48.1 Å². The number of aromatic nitrogens is 2. The number of halogens is 1. The highest BCUT2D eigenvalue weighted by Crippen LogP contribution is 2.16. The van der Waals surface area contributed by atoms with Gasteiger partial charge in [0.15, 0.2) is 0 Å². The van der Waals surface area contributed by atoms with Gasteiger partial charge in [0.2, 0.25) is 0 Å². The molecule has 2 rings (SSSR count). The molecule has 0 aliphatic heterocycles. The van der Waals surface area contributed by atoms with Crippen LogP contribution in [0.2, 0.25) is 5.02 Å². The van der Waals surface area contributed by atoms with E-state index in [2.05, 4.69) is 17.3 Å². The van der Waals surface area contributed by atoms with Crippen LogP contribution in [-0.2, 0) is 0 Å². The van der Waals surface area contributed by atoms with E-state index in [0.717, 1.165) is 22.9 Å². The molecule has 0 bridgehead atoms. The van der Waals surface area contributed by atoms with Gasteiger partial charge in [0.1, 0.15) is 0 Å². The molecule has 1 aromatic carbocycles. The van der Waals surface area contributed by atoms with Crippen molar-refractivity contribution in [2.24, 2.45) is 0 Å². The van der Waals surface area contributed by atoms with Gasteiger partial charge in [0.25, 0.3) is 0 Å². The van der Waals surface area contributed by atoms with Gasteiger partial charge in [0.05, 0.1) is 16.8 Å². The fraction of sp³-hybridized carbons (Fsp3) is 0.308. The minimum Gasteiger partial charge on any atom is -0.383 e. The van der Waals surface area contributed by atoms with Crippen LogP contribution in [0.3, 0.4) is 0 Å². The van der Waals surface area contributed by atoms with Crippen molar-refractivity contribution in [2.75, 3.05) is 11.9 Å². The summed E-state index contributed by atoms with van der Waals surface area (Å²) in [5.41, 5.74) is 1.99. The normalized spacial score (nSPS) is 12.4. The number of rotatable bonds is 4. The van der Waals surface area contributed by atoms with Crippen LogP contribution < -0.4 is 5.32 Å². The second kappa shape index (κ2) is 5.23. The molecule has 3 nitrogen and oxygen atoms in total. The second-order valence-electron chi connectivity index (χ2n) is 4.14. The third kappa shape index (κ3) is 3.01. The van der Waals surface area contributed by atoms with Crippen LogP contribution in [0, 0.1) is 6.92 Å². The zero-order valence-corrected chi connectivity index (χ0v) is 10.8. The Morgan fingerprint density at radius 2 is 2.06 bits per heavy atom. The zero-order valence-electron chi connectivity index (χ0n) is 10.0. The lowest BCUT2D eigenvalue weighted by Crippen LogP contribution is -2.16. The van der Waals surface area contributed by atoms with Crippen molar-refractivity contribution in [1.29, 1.82) is 0 Å². The Balaban J connectivity index is 1.96. The number of nitrogens with zero attached hydrogens (tertiary/aromatic N) is 2. The van der Waals surface area contributed by atoms with E-state index in [1.165, 1.54) is 0 Å². The molecule has 1 N–H and O–H groups in total. The fourth-order valence-electron chi connectivity index (χ4n) is 1.60. The number of hydrogen-bond donors (Lipinski definition) is 1. The van der Waals surface area contributed by atoms with E-state index in [0.29, 0.717) is 0 Å². The van der Waals surface area contributed by atoms with Gasteiger partial charge >= 0.3 is 0 Å². The van der Waals surface area contributed by atoms with E-state index < -0.39 is 0 Å². The summed E-state index contributed by atoms with van der Waals surface area (Å²) < 4.78 is 1.90. The molecule has 0 saturated carbocycles. The molecular formula is C13H16ClN3. The topological polar surface area (TPSA) is 29.9 Å². The molecule has 0 spiro atoms. The molecule has 0 aliphatic carbocycles. The SMILES string of the molecule is Cc1nn(C(C)CNc2ccccc2)cc1Cl. The predicted octanol–water partition coefficient (Wildman–Crippen LogP) is 3.52. The highest BCUT2D eigenvalue weighted by atomic mass is 35.5. The molecule has 1 heterocycles. The highest BCUT2D eigenvalue weighted by molar-refractivity contribution is 6.31. The summed E-state index contributed by atoms with van der Waals surface area (Å²) in [4.78, 5) is 0. The molecule has 2 aromatic rings. The van der Waals surface area contributed by atoms with Crippen molar-refractivity contribution >= 4 is 17.3 Å². The first-order valence-electron chi connectivity index (χ1n) is 5.67. The van der Waals surface area contributed by atoms with Gasteiger partial charge in [-0.2, -0.15) is 5.10 Å². The van der Waals surface area contributed by atoms with E-state index in [-0.39, 0.29) is 6.04 Å². The molecule has 0 radical (unpaired) electrons. The molecule has 4 heteroatoms. The van der Waals surface area contributed by atoms with Crippen LogP contribution in [0.4, 0.5) is 5.69 Å².